The van der Waals surface area contributed by atoms with E-state index in [1.165, 1.54) is 25.7 Å². The second-order valence-corrected chi connectivity index (χ2v) is 7.00. The van der Waals surface area contributed by atoms with Crippen LogP contribution in [-0.2, 0) is 9.09 Å². The molecule has 0 aliphatic heterocycles. The Bertz CT molecular complexity index is 219. The molecule has 0 spiro atoms. The third-order valence-corrected chi connectivity index (χ3v) is 4.55. The summed E-state index contributed by atoms with van der Waals surface area (Å²) >= 11 is 0. The van der Waals surface area contributed by atoms with Crippen LogP contribution in [0, 0.1) is 0 Å². The van der Waals surface area contributed by atoms with Gasteiger partial charge in [0.2, 0.25) is 0 Å². The van der Waals surface area contributed by atoms with E-state index in [2.05, 4.69) is 13.8 Å². The van der Waals surface area contributed by atoms with Crippen molar-refractivity contribution in [2.45, 2.75) is 78.1 Å². The van der Waals surface area contributed by atoms with Crippen molar-refractivity contribution in [1.29, 1.82) is 0 Å². The van der Waals surface area contributed by atoms with E-state index in [1.54, 1.807) is 0 Å². The minimum absolute atomic E-state index is 0.322. The first kappa shape index (κ1) is 18.1. The Morgan fingerprint density at radius 3 is 1.94 bits per heavy atom. The van der Waals surface area contributed by atoms with Gasteiger partial charge in [0.15, 0.2) is 0 Å². The average Bonchev–Trinajstić information content (AvgIpc) is 2.34. The molecule has 110 valence electrons. The molecule has 0 saturated carbocycles. The minimum atomic E-state index is -3.29. The standard InChI is InChI=1S/C14H31O3P/c1-3-5-7-9-10-11-13-17-18(15,16)14-12-8-6-4-2/h3-14H2,1-2H3,(H,15,16). The first-order valence-electron chi connectivity index (χ1n) is 7.58. The summed E-state index contributed by atoms with van der Waals surface area (Å²) in [6, 6.07) is 0. The molecule has 1 atom stereocenters. The van der Waals surface area contributed by atoms with Gasteiger partial charge in [-0.2, -0.15) is 0 Å². The molecule has 4 heteroatoms. The van der Waals surface area contributed by atoms with Crippen LogP contribution >= 0.6 is 7.60 Å². The Hall–Kier alpha value is 0.150. The molecule has 0 aromatic heterocycles. The van der Waals surface area contributed by atoms with E-state index in [0.29, 0.717) is 12.8 Å². The van der Waals surface area contributed by atoms with Crippen molar-refractivity contribution in [3.8, 4) is 0 Å². The zero-order valence-electron chi connectivity index (χ0n) is 12.2. The maximum atomic E-state index is 11.6. The smallest absolute Gasteiger partial charge is 0.324 e. The van der Waals surface area contributed by atoms with Crippen LogP contribution < -0.4 is 0 Å². The van der Waals surface area contributed by atoms with Crippen molar-refractivity contribution in [1.82, 2.24) is 0 Å². The Morgan fingerprint density at radius 1 is 0.833 bits per heavy atom. The highest BCUT2D eigenvalue weighted by Crippen LogP contribution is 2.43. The molecule has 1 unspecified atom stereocenters. The Labute approximate surface area is 113 Å². The van der Waals surface area contributed by atoms with Crippen LogP contribution in [0.3, 0.4) is 0 Å². The van der Waals surface area contributed by atoms with Gasteiger partial charge in [-0.1, -0.05) is 65.2 Å². The largest absolute Gasteiger partial charge is 0.328 e. The van der Waals surface area contributed by atoms with Crippen LogP contribution in [0.5, 0.6) is 0 Å². The van der Waals surface area contributed by atoms with Gasteiger partial charge in [0, 0.05) is 6.16 Å². The van der Waals surface area contributed by atoms with Crippen molar-refractivity contribution in [2.75, 3.05) is 12.8 Å². The number of unbranched alkanes of at least 4 members (excludes halogenated alkanes) is 8. The third kappa shape index (κ3) is 12.6. The number of hydrogen-bond acceptors (Lipinski definition) is 2. The molecule has 3 nitrogen and oxygen atoms in total. The second-order valence-electron chi connectivity index (χ2n) is 5.02. The summed E-state index contributed by atoms with van der Waals surface area (Å²) in [5, 5.41) is 0. The Kier molecular flexibility index (Phi) is 12.3. The van der Waals surface area contributed by atoms with Crippen molar-refractivity contribution >= 4 is 7.60 Å². The van der Waals surface area contributed by atoms with Gasteiger partial charge >= 0.3 is 7.60 Å². The quantitative estimate of drug-likeness (QED) is 0.375. The van der Waals surface area contributed by atoms with Crippen molar-refractivity contribution in [3.63, 3.8) is 0 Å². The molecular formula is C14H31O3P. The average molecular weight is 278 g/mol. The summed E-state index contributed by atoms with van der Waals surface area (Å²) in [7, 11) is -3.29. The van der Waals surface area contributed by atoms with Gasteiger partial charge in [0.25, 0.3) is 0 Å². The second kappa shape index (κ2) is 12.2. The molecule has 0 aromatic rings. The van der Waals surface area contributed by atoms with E-state index < -0.39 is 7.60 Å². The Morgan fingerprint density at radius 2 is 1.33 bits per heavy atom. The highest BCUT2D eigenvalue weighted by molar-refractivity contribution is 7.52. The van der Waals surface area contributed by atoms with Gasteiger partial charge in [0.05, 0.1) is 6.61 Å². The lowest BCUT2D eigenvalue weighted by atomic mass is 10.1. The van der Waals surface area contributed by atoms with Crippen molar-refractivity contribution in [3.05, 3.63) is 0 Å². The molecule has 0 amide bonds. The highest BCUT2D eigenvalue weighted by atomic mass is 31.2. The monoisotopic (exact) mass is 278 g/mol. The summed E-state index contributed by atoms with van der Waals surface area (Å²) in [6.45, 7) is 4.77. The summed E-state index contributed by atoms with van der Waals surface area (Å²) in [5.41, 5.74) is 0. The van der Waals surface area contributed by atoms with E-state index in [9.17, 15) is 9.46 Å². The van der Waals surface area contributed by atoms with Gasteiger partial charge in [-0.3, -0.25) is 4.57 Å². The number of rotatable bonds is 13. The molecular weight excluding hydrogens is 247 g/mol. The van der Waals surface area contributed by atoms with Gasteiger partial charge < -0.3 is 9.42 Å². The first-order chi connectivity index (χ1) is 8.62. The normalized spacial score (nSPS) is 14.6. The van der Waals surface area contributed by atoms with E-state index in [0.717, 1.165) is 38.5 Å². The fraction of sp³-hybridized carbons (Fsp3) is 1.00. The fourth-order valence-electron chi connectivity index (χ4n) is 1.89. The molecule has 0 heterocycles. The van der Waals surface area contributed by atoms with Crippen LogP contribution in [0.1, 0.15) is 78.1 Å². The lowest BCUT2D eigenvalue weighted by Gasteiger charge is -2.11. The van der Waals surface area contributed by atoms with Crippen LogP contribution in [-0.4, -0.2) is 17.7 Å². The highest BCUT2D eigenvalue weighted by Gasteiger charge is 2.17. The van der Waals surface area contributed by atoms with Gasteiger partial charge in [-0.15, -0.1) is 0 Å². The van der Waals surface area contributed by atoms with E-state index in [-0.39, 0.29) is 0 Å². The van der Waals surface area contributed by atoms with Crippen LogP contribution in [0.15, 0.2) is 0 Å². The lowest BCUT2D eigenvalue weighted by Crippen LogP contribution is -1.97. The van der Waals surface area contributed by atoms with Crippen molar-refractivity contribution < 1.29 is 14.0 Å². The Balaban J connectivity index is 3.38. The zero-order chi connectivity index (χ0) is 13.7. The molecule has 0 aliphatic rings. The van der Waals surface area contributed by atoms with Crippen molar-refractivity contribution in [2.24, 2.45) is 0 Å². The summed E-state index contributed by atoms with van der Waals surface area (Å²) < 4.78 is 16.8. The summed E-state index contributed by atoms with van der Waals surface area (Å²) in [6.07, 6.45) is 11.5. The molecule has 0 fully saturated rings. The molecule has 0 radical (unpaired) electrons. The van der Waals surface area contributed by atoms with Gasteiger partial charge in [-0.25, -0.2) is 0 Å². The molecule has 0 bridgehead atoms. The van der Waals surface area contributed by atoms with Gasteiger partial charge in [-0.05, 0) is 12.8 Å². The lowest BCUT2D eigenvalue weighted by molar-refractivity contribution is 0.252. The molecule has 18 heavy (non-hydrogen) atoms. The fourth-order valence-corrected chi connectivity index (χ4v) is 3.06. The minimum Gasteiger partial charge on any atom is -0.324 e. The zero-order valence-corrected chi connectivity index (χ0v) is 13.1. The summed E-state index contributed by atoms with van der Waals surface area (Å²) in [4.78, 5) is 9.59. The summed E-state index contributed by atoms with van der Waals surface area (Å²) in [5.74, 6) is 0. The molecule has 0 aliphatic carbocycles. The number of hydrogen-bond donors (Lipinski definition) is 1. The maximum Gasteiger partial charge on any atom is 0.328 e. The van der Waals surface area contributed by atoms with E-state index in [1.807, 2.05) is 0 Å². The molecule has 0 saturated heterocycles. The SMILES string of the molecule is CCCCCCCCOP(=O)(O)CCCCCC. The molecule has 1 N–H and O–H groups in total. The predicted octanol–water partition coefficient (Wildman–Crippen LogP) is 5.13. The molecule has 0 rings (SSSR count). The topological polar surface area (TPSA) is 46.5 Å². The molecule has 0 aromatic carbocycles. The predicted molar refractivity (Wildman–Crippen MR) is 78.2 cm³/mol. The van der Waals surface area contributed by atoms with Crippen LogP contribution in [0.2, 0.25) is 0 Å². The first-order valence-corrected chi connectivity index (χ1v) is 9.35. The van der Waals surface area contributed by atoms with Crippen LogP contribution in [0.4, 0.5) is 0 Å². The maximum absolute atomic E-state index is 11.6. The van der Waals surface area contributed by atoms with Gasteiger partial charge in [0.1, 0.15) is 0 Å². The van der Waals surface area contributed by atoms with E-state index in [4.69, 9.17) is 4.52 Å². The van der Waals surface area contributed by atoms with E-state index >= 15 is 0 Å². The van der Waals surface area contributed by atoms with Crippen LogP contribution in [0.25, 0.3) is 0 Å². The third-order valence-electron chi connectivity index (χ3n) is 3.09.